The summed E-state index contributed by atoms with van der Waals surface area (Å²) in [4.78, 5) is 14.6. The molecule has 2 fully saturated rings. The van der Waals surface area contributed by atoms with Crippen LogP contribution in [0.25, 0.3) is 0 Å². The number of amides is 1. The van der Waals surface area contributed by atoms with E-state index in [1.54, 1.807) is 6.07 Å². The molecule has 0 aromatic heterocycles. The standard InChI is InChI=1S/C17H24FN3O3.2ClH/c18-14-1-2-15(21-5-9-24-10-6-21)13(11-14)12-20-16(22)17(19)3-7-23-8-4-17;;/h1-2,11H,3-10,12,19H2,(H,20,22);2*1H. The first-order valence-corrected chi connectivity index (χ1v) is 8.34. The van der Waals surface area contributed by atoms with Crippen LogP contribution in [0.2, 0.25) is 0 Å². The van der Waals surface area contributed by atoms with Crippen molar-refractivity contribution < 1.29 is 18.7 Å². The largest absolute Gasteiger partial charge is 0.381 e. The SMILES string of the molecule is Cl.Cl.NC1(C(=O)NCc2cc(F)ccc2N2CCOCC2)CCOCC1. The number of carbonyl (C=O) groups is 1. The van der Waals surface area contributed by atoms with E-state index in [-0.39, 0.29) is 43.1 Å². The number of hydrogen-bond donors (Lipinski definition) is 2. The highest BCUT2D eigenvalue weighted by atomic mass is 35.5. The van der Waals surface area contributed by atoms with Crippen molar-refractivity contribution >= 4 is 36.4 Å². The molecular formula is C17H26Cl2FN3O3. The number of anilines is 1. The predicted octanol–water partition coefficient (Wildman–Crippen LogP) is 1.63. The fourth-order valence-corrected chi connectivity index (χ4v) is 3.12. The minimum atomic E-state index is -0.898. The minimum Gasteiger partial charge on any atom is -0.381 e. The number of carbonyl (C=O) groups excluding carboxylic acids is 1. The average Bonchev–Trinajstić information content (AvgIpc) is 2.61. The van der Waals surface area contributed by atoms with Gasteiger partial charge in [-0.05, 0) is 36.6 Å². The Morgan fingerprint density at radius 3 is 2.42 bits per heavy atom. The summed E-state index contributed by atoms with van der Waals surface area (Å²) < 4.78 is 24.3. The molecule has 0 spiro atoms. The Labute approximate surface area is 165 Å². The fourth-order valence-electron chi connectivity index (χ4n) is 3.12. The zero-order chi connectivity index (χ0) is 17.0. The highest BCUT2D eigenvalue weighted by Crippen LogP contribution is 2.24. The first-order chi connectivity index (χ1) is 11.6. The molecule has 0 bridgehead atoms. The minimum absolute atomic E-state index is 0. The van der Waals surface area contributed by atoms with Crippen LogP contribution in [0.5, 0.6) is 0 Å². The highest BCUT2D eigenvalue weighted by molar-refractivity contribution is 5.86. The third-order valence-corrected chi connectivity index (χ3v) is 4.67. The Kier molecular flexibility index (Phi) is 9.06. The van der Waals surface area contributed by atoms with E-state index in [1.807, 2.05) is 0 Å². The molecule has 2 aliphatic heterocycles. The lowest BCUT2D eigenvalue weighted by atomic mass is 9.90. The Bertz CT molecular complexity index is 595. The van der Waals surface area contributed by atoms with E-state index in [0.29, 0.717) is 39.3 Å². The molecule has 2 saturated heterocycles. The van der Waals surface area contributed by atoms with E-state index in [4.69, 9.17) is 15.2 Å². The number of nitrogens with zero attached hydrogens (tertiary/aromatic N) is 1. The summed E-state index contributed by atoms with van der Waals surface area (Å²) in [5, 5.41) is 2.87. The maximum Gasteiger partial charge on any atom is 0.240 e. The molecule has 148 valence electrons. The first-order valence-electron chi connectivity index (χ1n) is 8.34. The van der Waals surface area contributed by atoms with Crippen molar-refractivity contribution in [2.75, 3.05) is 44.4 Å². The molecule has 0 radical (unpaired) electrons. The van der Waals surface area contributed by atoms with E-state index in [2.05, 4.69) is 10.2 Å². The zero-order valence-electron chi connectivity index (χ0n) is 14.5. The molecule has 6 nitrogen and oxygen atoms in total. The van der Waals surface area contributed by atoms with Crippen LogP contribution < -0.4 is 16.0 Å². The van der Waals surface area contributed by atoms with E-state index in [1.165, 1.54) is 12.1 Å². The van der Waals surface area contributed by atoms with Gasteiger partial charge in [-0.15, -0.1) is 24.8 Å². The summed E-state index contributed by atoms with van der Waals surface area (Å²) in [6.45, 7) is 4.04. The molecule has 3 rings (SSSR count). The molecule has 1 amide bonds. The van der Waals surface area contributed by atoms with Crippen LogP contribution in [0.15, 0.2) is 18.2 Å². The van der Waals surface area contributed by atoms with Gasteiger partial charge < -0.3 is 25.4 Å². The number of nitrogens with one attached hydrogen (secondary N) is 1. The lowest BCUT2D eigenvalue weighted by Crippen LogP contribution is -2.56. The number of rotatable bonds is 4. The van der Waals surface area contributed by atoms with Crippen LogP contribution >= 0.6 is 24.8 Å². The van der Waals surface area contributed by atoms with Crippen LogP contribution in [0.3, 0.4) is 0 Å². The third-order valence-electron chi connectivity index (χ3n) is 4.67. The van der Waals surface area contributed by atoms with E-state index < -0.39 is 5.54 Å². The molecule has 2 aliphatic rings. The normalized spacial score (nSPS) is 19.1. The monoisotopic (exact) mass is 409 g/mol. The van der Waals surface area contributed by atoms with Crippen LogP contribution in [0, 0.1) is 5.82 Å². The van der Waals surface area contributed by atoms with Gasteiger partial charge in [-0.25, -0.2) is 4.39 Å². The van der Waals surface area contributed by atoms with Crippen LogP contribution in [-0.2, 0) is 20.8 Å². The van der Waals surface area contributed by atoms with Gasteiger partial charge in [-0.2, -0.15) is 0 Å². The van der Waals surface area contributed by atoms with Gasteiger partial charge in [0.15, 0.2) is 0 Å². The number of halogens is 3. The lowest BCUT2D eigenvalue weighted by molar-refractivity contribution is -0.129. The molecule has 3 N–H and O–H groups in total. The second kappa shape index (κ2) is 10.3. The Morgan fingerprint density at radius 1 is 1.15 bits per heavy atom. The molecular weight excluding hydrogens is 384 g/mol. The van der Waals surface area contributed by atoms with Crippen LogP contribution in [0.1, 0.15) is 18.4 Å². The molecule has 0 saturated carbocycles. The number of hydrogen-bond acceptors (Lipinski definition) is 5. The van der Waals surface area contributed by atoms with Crippen molar-refractivity contribution in [2.45, 2.75) is 24.9 Å². The smallest absolute Gasteiger partial charge is 0.240 e. The van der Waals surface area contributed by atoms with E-state index >= 15 is 0 Å². The van der Waals surface area contributed by atoms with Crippen molar-refractivity contribution in [2.24, 2.45) is 5.73 Å². The molecule has 26 heavy (non-hydrogen) atoms. The van der Waals surface area contributed by atoms with Crippen LogP contribution in [0.4, 0.5) is 10.1 Å². The Morgan fingerprint density at radius 2 is 1.77 bits per heavy atom. The summed E-state index contributed by atoms with van der Waals surface area (Å²) >= 11 is 0. The summed E-state index contributed by atoms with van der Waals surface area (Å²) in [7, 11) is 0. The Hall–Kier alpha value is -1.12. The van der Waals surface area contributed by atoms with E-state index in [9.17, 15) is 9.18 Å². The lowest BCUT2D eigenvalue weighted by Gasteiger charge is -2.33. The molecule has 1 aromatic carbocycles. The van der Waals surface area contributed by atoms with Crippen molar-refractivity contribution in [3.8, 4) is 0 Å². The van der Waals surface area contributed by atoms with Gasteiger partial charge >= 0.3 is 0 Å². The predicted molar refractivity (Wildman–Crippen MR) is 103 cm³/mol. The summed E-state index contributed by atoms with van der Waals surface area (Å²) in [6.07, 6.45) is 0.997. The maximum absolute atomic E-state index is 13.7. The number of nitrogens with two attached hydrogens (primary N) is 1. The highest BCUT2D eigenvalue weighted by Gasteiger charge is 2.35. The van der Waals surface area contributed by atoms with Gasteiger partial charge in [0.2, 0.25) is 5.91 Å². The summed E-state index contributed by atoms with van der Waals surface area (Å²) in [5.41, 5.74) is 6.97. The summed E-state index contributed by atoms with van der Waals surface area (Å²) in [6, 6.07) is 4.67. The molecule has 0 unspecified atom stereocenters. The third kappa shape index (κ3) is 5.44. The van der Waals surface area contributed by atoms with Gasteiger partial charge in [-0.3, -0.25) is 4.79 Å². The Balaban J connectivity index is 0.00000169. The fraction of sp³-hybridized carbons (Fsp3) is 0.588. The zero-order valence-corrected chi connectivity index (χ0v) is 16.2. The van der Waals surface area contributed by atoms with Gasteiger partial charge in [0.05, 0.1) is 18.8 Å². The number of morpholine rings is 1. The molecule has 0 atom stereocenters. The first kappa shape index (κ1) is 22.9. The number of ether oxygens (including phenoxy) is 2. The van der Waals surface area contributed by atoms with Gasteiger partial charge in [0.25, 0.3) is 0 Å². The number of benzene rings is 1. The molecule has 0 aliphatic carbocycles. The molecule has 1 aromatic rings. The van der Waals surface area contributed by atoms with Gasteiger partial charge in [0, 0.05) is 38.5 Å². The molecule has 2 heterocycles. The van der Waals surface area contributed by atoms with Crippen molar-refractivity contribution in [1.82, 2.24) is 5.32 Å². The average molecular weight is 410 g/mol. The van der Waals surface area contributed by atoms with Gasteiger partial charge in [-0.1, -0.05) is 0 Å². The second-order valence-corrected chi connectivity index (χ2v) is 6.32. The molecule has 9 heteroatoms. The van der Waals surface area contributed by atoms with Crippen molar-refractivity contribution in [1.29, 1.82) is 0 Å². The summed E-state index contributed by atoms with van der Waals surface area (Å²) in [5.74, 6) is -0.521. The van der Waals surface area contributed by atoms with Crippen LogP contribution in [-0.4, -0.2) is 51.0 Å². The second-order valence-electron chi connectivity index (χ2n) is 6.32. The van der Waals surface area contributed by atoms with Crippen molar-refractivity contribution in [3.05, 3.63) is 29.6 Å². The van der Waals surface area contributed by atoms with Crippen molar-refractivity contribution in [3.63, 3.8) is 0 Å². The topological polar surface area (TPSA) is 76.8 Å². The van der Waals surface area contributed by atoms with E-state index in [0.717, 1.165) is 24.3 Å². The van der Waals surface area contributed by atoms with Gasteiger partial charge in [0.1, 0.15) is 5.82 Å². The maximum atomic E-state index is 13.7. The quantitative estimate of drug-likeness (QED) is 0.789.